The van der Waals surface area contributed by atoms with Crippen LogP contribution < -0.4 is 10.8 Å². The number of hydrogen-bond acceptors (Lipinski definition) is 7. The molecule has 1 amide bonds. The average molecular weight is 279 g/mol. The van der Waals surface area contributed by atoms with Gasteiger partial charge >= 0.3 is 7.12 Å². The first-order chi connectivity index (χ1) is 9.06. The molecule has 1 saturated heterocycles. The van der Waals surface area contributed by atoms with Gasteiger partial charge in [0.15, 0.2) is 5.17 Å². The van der Waals surface area contributed by atoms with Crippen molar-refractivity contribution >= 4 is 41.6 Å². The van der Waals surface area contributed by atoms with Gasteiger partial charge in [-0.25, -0.2) is 0 Å². The highest BCUT2D eigenvalue weighted by Gasteiger charge is 2.16. The van der Waals surface area contributed by atoms with Crippen molar-refractivity contribution in [3.05, 3.63) is 23.8 Å². The molecule has 1 fully saturated rings. The van der Waals surface area contributed by atoms with Crippen LogP contribution in [0.25, 0.3) is 0 Å². The fourth-order valence-electron chi connectivity index (χ4n) is 1.36. The molecule has 1 aromatic carbocycles. The molecule has 0 radical (unpaired) electrons. The number of phenols is 1. The van der Waals surface area contributed by atoms with Crippen LogP contribution in [0.3, 0.4) is 0 Å². The fraction of sp³-hybridized carbons (Fsp3) is 0.100. The lowest BCUT2D eigenvalue weighted by Gasteiger charge is -2.02. The first kappa shape index (κ1) is 13.6. The van der Waals surface area contributed by atoms with E-state index in [1.807, 2.05) is 0 Å². The molecule has 9 heteroatoms. The minimum atomic E-state index is -1.62. The summed E-state index contributed by atoms with van der Waals surface area (Å²) in [7, 11) is -1.62. The lowest BCUT2D eigenvalue weighted by molar-refractivity contribution is -0.116. The third-order valence-corrected chi connectivity index (χ3v) is 3.15. The van der Waals surface area contributed by atoms with Crippen LogP contribution >= 0.6 is 11.8 Å². The molecule has 1 aliphatic rings. The zero-order valence-electron chi connectivity index (χ0n) is 9.65. The number of benzene rings is 1. The van der Waals surface area contributed by atoms with Crippen molar-refractivity contribution in [1.29, 1.82) is 0 Å². The van der Waals surface area contributed by atoms with Gasteiger partial charge in [-0.15, -0.1) is 5.10 Å². The van der Waals surface area contributed by atoms with E-state index >= 15 is 0 Å². The molecule has 0 aromatic heterocycles. The monoisotopic (exact) mass is 279 g/mol. The molecule has 1 aromatic rings. The maximum atomic E-state index is 10.9. The summed E-state index contributed by atoms with van der Waals surface area (Å²) < 4.78 is 0. The highest BCUT2D eigenvalue weighted by Crippen LogP contribution is 2.13. The van der Waals surface area contributed by atoms with Crippen molar-refractivity contribution in [3.8, 4) is 5.75 Å². The van der Waals surface area contributed by atoms with E-state index in [1.54, 1.807) is 0 Å². The zero-order valence-corrected chi connectivity index (χ0v) is 10.5. The SMILES string of the molecule is O=C1CSC(=NN=Cc2cc(B(O)O)ccc2O)N1. The summed E-state index contributed by atoms with van der Waals surface area (Å²) in [6.45, 7) is 0. The van der Waals surface area contributed by atoms with Crippen LogP contribution in [0.15, 0.2) is 28.4 Å². The van der Waals surface area contributed by atoms with Gasteiger partial charge in [0.05, 0.1) is 12.0 Å². The number of aromatic hydroxyl groups is 1. The van der Waals surface area contributed by atoms with Gasteiger partial charge < -0.3 is 20.5 Å². The van der Waals surface area contributed by atoms with Crippen LogP contribution in [0.2, 0.25) is 0 Å². The first-order valence-corrected chi connectivity index (χ1v) is 6.27. The molecule has 7 nitrogen and oxygen atoms in total. The lowest BCUT2D eigenvalue weighted by atomic mass is 9.79. The number of thioether (sulfide) groups is 1. The molecule has 1 heterocycles. The van der Waals surface area contributed by atoms with Crippen LogP contribution in [-0.2, 0) is 4.79 Å². The predicted molar refractivity (Wildman–Crippen MR) is 73.6 cm³/mol. The van der Waals surface area contributed by atoms with Crippen molar-refractivity contribution in [2.24, 2.45) is 10.2 Å². The van der Waals surface area contributed by atoms with Gasteiger partial charge in [-0.1, -0.05) is 17.8 Å². The van der Waals surface area contributed by atoms with E-state index < -0.39 is 7.12 Å². The van der Waals surface area contributed by atoms with Crippen molar-refractivity contribution in [2.45, 2.75) is 0 Å². The quantitative estimate of drug-likeness (QED) is 0.309. The first-order valence-electron chi connectivity index (χ1n) is 5.29. The average Bonchev–Trinajstić information content (AvgIpc) is 2.77. The number of nitrogens with zero attached hydrogens (tertiary/aromatic N) is 2. The summed E-state index contributed by atoms with van der Waals surface area (Å²) in [5.74, 6) is 0.120. The highest BCUT2D eigenvalue weighted by molar-refractivity contribution is 8.15. The standard InChI is InChI=1S/C10H10BN3O4S/c15-8-2-1-7(11(17)18)3-6(8)4-12-14-10-13-9(16)5-19-10/h1-4,15,17-18H,5H2,(H,13,14,16). The minimum absolute atomic E-state index is 0.0588. The molecular formula is C10H10BN3O4S. The molecule has 0 saturated carbocycles. The molecule has 0 aliphatic carbocycles. The Balaban J connectivity index is 2.14. The molecule has 98 valence electrons. The third-order valence-electron chi connectivity index (χ3n) is 2.28. The molecule has 19 heavy (non-hydrogen) atoms. The fourth-order valence-corrected chi connectivity index (χ4v) is 1.99. The van der Waals surface area contributed by atoms with E-state index in [2.05, 4.69) is 15.5 Å². The van der Waals surface area contributed by atoms with E-state index in [-0.39, 0.29) is 17.1 Å². The number of amidine groups is 1. The van der Waals surface area contributed by atoms with Crippen LogP contribution in [0, 0.1) is 0 Å². The summed E-state index contributed by atoms with van der Waals surface area (Å²) >= 11 is 1.23. The van der Waals surface area contributed by atoms with Crippen molar-refractivity contribution in [3.63, 3.8) is 0 Å². The zero-order chi connectivity index (χ0) is 13.8. The molecule has 0 bridgehead atoms. The Kier molecular flexibility index (Phi) is 4.20. The Morgan fingerprint density at radius 2 is 2.21 bits per heavy atom. The Morgan fingerprint density at radius 3 is 2.84 bits per heavy atom. The Bertz CT molecular complexity index is 562. The summed E-state index contributed by atoms with van der Waals surface area (Å²) in [6, 6.07) is 4.09. The Morgan fingerprint density at radius 1 is 1.42 bits per heavy atom. The van der Waals surface area contributed by atoms with Gasteiger partial charge in [0.2, 0.25) is 5.91 Å². The van der Waals surface area contributed by atoms with Crippen molar-refractivity contribution < 1.29 is 19.9 Å². The maximum Gasteiger partial charge on any atom is 0.488 e. The van der Waals surface area contributed by atoms with E-state index in [0.29, 0.717) is 16.5 Å². The maximum absolute atomic E-state index is 10.9. The van der Waals surface area contributed by atoms with Gasteiger partial charge in [0.1, 0.15) is 5.75 Å². The van der Waals surface area contributed by atoms with Crippen LogP contribution in [0.4, 0.5) is 0 Å². The number of amides is 1. The number of phenolic OH excluding ortho intramolecular Hbond substituents is 1. The third kappa shape index (κ3) is 3.56. The van der Waals surface area contributed by atoms with Crippen molar-refractivity contribution in [2.75, 3.05) is 5.75 Å². The smallest absolute Gasteiger partial charge is 0.488 e. The topological polar surface area (TPSA) is 115 Å². The predicted octanol–water partition coefficient (Wildman–Crippen LogP) is -1.38. The largest absolute Gasteiger partial charge is 0.507 e. The summed E-state index contributed by atoms with van der Waals surface area (Å²) in [4.78, 5) is 10.9. The van der Waals surface area contributed by atoms with Gasteiger partial charge in [-0.3, -0.25) is 4.79 Å². The molecule has 4 N–H and O–H groups in total. The normalized spacial score (nSPS) is 17.2. The molecule has 0 spiro atoms. The molecule has 2 rings (SSSR count). The minimum Gasteiger partial charge on any atom is -0.507 e. The Hall–Kier alpha value is -1.84. The Labute approximate surface area is 113 Å². The number of carbonyl (C=O) groups is 1. The second-order valence-corrected chi connectivity index (χ2v) is 4.64. The second-order valence-electron chi connectivity index (χ2n) is 3.68. The second kappa shape index (κ2) is 5.87. The van der Waals surface area contributed by atoms with E-state index in [1.165, 1.54) is 36.2 Å². The van der Waals surface area contributed by atoms with Gasteiger partial charge in [0.25, 0.3) is 0 Å². The lowest BCUT2D eigenvalue weighted by Crippen LogP contribution is -2.29. The molecular weight excluding hydrogens is 269 g/mol. The van der Waals surface area contributed by atoms with Crippen LogP contribution in [0.5, 0.6) is 5.75 Å². The number of nitrogens with one attached hydrogen (secondary N) is 1. The number of hydrogen-bond donors (Lipinski definition) is 4. The molecule has 0 unspecified atom stereocenters. The number of rotatable bonds is 3. The summed E-state index contributed by atoms with van der Waals surface area (Å²) in [5, 5.41) is 38.0. The highest BCUT2D eigenvalue weighted by atomic mass is 32.2. The van der Waals surface area contributed by atoms with Crippen molar-refractivity contribution in [1.82, 2.24) is 5.32 Å². The molecule has 0 atom stereocenters. The van der Waals surface area contributed by atoms with Gasteiger partial charge in [0, 0.05) is 5.56 Å². The summed E-state index contributed by atoms with van der Waals surface area (Å²) in [5.41, 5.74) is 0.528. The molecule has 1 aliphatic heterocycles. The van der Waals surface area contributed by atoms with E-state index in [9.17, 15) is 9.90 Å². The number of carbonyl (C=O) groups excluding carboxylic acids is 1. The summed E-state index contributed by atoms with van der Waals surface area (Å²) in [6.07, 6.45) is 1.26. The van der Waals surface area contributed by atoms with Gasteiger partial charge in [-0.05, 0) is 17.6 Å². The van der Waals surface area contributed by atoms with Crippen LogP contribution in [-0.4, -0.2) is 45.3 Å². The van der Waals surface area contributed by atoms with Crippen LogP contribution in [0.1, 0.15) is 5.56 Å². The van der Waals surface area contributed by atoms with E-state index in [0.717, 1.165) is 0 Å². The van der Waals surface area contributed by atoms with Gasteiger partial charge in [-0.2, -0.15) is 5.10 Å². The van der Waals surface area contributed by atoms with E-state index in [4.69, 9.17) is 10.0 Å².